The maximum atomic E-state index is 10.9. The summed E-state index contributed by atoms with van der Waals surface area (Å²) in [4.78, 5) is 20.1. The monoisotopic (exact) mass is 339 g/mol. The van der Waals surface area contributed by atoms with Crippen molar-refractivity contribution in [2.75, 3.05) is 26.7 Å². The van der Waals surface area contributed by atoms with E-state index in [1.54, 1.807) is 11.3 Å². The smallest absolute Gasteiger partial charge is 0.317 e. The molecule has 1 saturated heterocycles. The Balaban J connectivity index is 1.88. The van der Waals surface area contributed by atoms with Gasteiger partial charge in [-0.05, 0) is 32.9 Å². The number of carbonyl (C=O) groups is 1. The summed E-state index contributed by atoms with van der Waals surface area (Å²) in [5, 5.41) is 12.3. The number of aromatic nitrogens is 1. The second-order valence-electron chi connectivity index (χ2n) is 7.56. The standard InChI is InChI=1S/C17H29N3O2S/c1-17(2,3)16-18-13(12-23-16)10-20-8-5-6-14(7-9-20)19(4)11-15(21)22/h12,14H,5-11H2,1-4H3,(H,21,22). The van der Waals surface area contributed by atoms with Gasteiger partial charge < -0.3 is 5.11 Å². The van der Waals surface area contributed by atoms with E-state index in [1.165, 1.54) is 5.01 Å². The Labute approximate surface area is 143 Å². The summed E-state index contributed by atoms with van der Waals surface area (Å²) >= 11 is 1.75. The first kappa shape index (κ1) is 18.4. The maximum absolute atomic E-state index is 10.9. The van der Waals surface area contributed by atoms with Crippen LogP contribution in [0, 0.1) is 0 Å². The van der Waals surface area contributed by atoms with Crippen molar-refractivity contribution in [3.63, 3.8) is 0 Å². The summed E-state index contributed by atoms with van der Waals surface area (Å²) in [6.07, 6.45) is 3.22. The van der Waals surface area contributed by atoms with Gasteiger partial charge in [0.2, 0.25) is 0 Å². The van der Waals surface area contributed by atoms with E-state index in [0.717, 1.165) is 44.6 Å². The molecule has 130 valence electrons. The van der Waals surface area contributed by atoms with Gasteiger partial charge in [-0.15, -0.1) is 11.3 Å². The van der Waals surface area contributed by atoms with Crippen LogP contribution in [0.1, 0.15) is 50.7 Å². The first-order valence-electron chi connectivity index (χ1n) is 8.35. The number of hydrogen-bond acceptors (Lipinski definition) is 5. The third-order valence-electron chi connectivity index (χ3n) is 4.38. The van der Waals surface area contributed by atoms with Gasteiger partial charge in [-0.1, -0.05) is 20.8 Å². The third kappa shape index (κ3) is 5.55. The number of aliphatic carboxylic acids is 1. The molecule has 1 atom stereocenters. The van der Waals surface area contributed by atoms with Crippen LogP contribution >= 0.6 is 11.3 Å². The second-order valence-corrected chi connectivity index (χ2v) is 8.42. The van der Waals surface area contributed by atoms with Crippen molar-refractivity contribution in [1.82, 2.24) is 14.8 Å². The van der Waals surface area contributed by atoms with Crippen LogP contribution in [0.3, 0.4) is 0 Å². The molecular formula is C17H29N3O2S. The zero-order chi connectivity index (χ0) is 17.0. The van der Waals surface area contributed by atoms with Crippen LogP contribution in [-0.4, -0.2) is 58.6 Å². The second kappa shape index (κ2) is 7.73. The molecule has 0 radical (unpaired) electrons. The van der Waals surface area contributed by atoms with Gasteiger partial charge in [0.1, 0.15) is 0 Å². The molecule has 0 bridgehead atoms. The molecule has 1 aromatic heterocycles. The molecule has 0 saturated carbocycles. The number of hydrogen-bond donors (Lipinski definition) is 1. The number of likely N-dealkylation sites (tertiary alicyclic amines) is 1. The number of rotatable bonds is 5. The summed E-state index contributed by atoms with van der Waals surface area (Å²) in [7, 11) is 1.92. The first-order chi connectivity index (χ1) is 10.8. The summed E-state index contributed by atoms with van der Waals surface area (Å²) < 4.78 is 0. The highest BCUT2D eigenvalue weighted by molar-refractivity contribution is 7.09. The maximum Gasteiger partial charge on any atom is 0.317 e. The Hall–Kier alpha value is -0.980. The lowest BCUT2D eigenvalue weighted by Crippen LogP contribution is -2.36. The lowest BCUT2D eigenvalue weighted by atomic mass is 9.98. The van der Waals surface area contributed by atoms with E-state index in [4.69, 9.17) is 10.1 Å². The topological polar surface area (TPSA) is 56.7 Å². The average molecular weight is 340 g/mol. The first-order valence-corrected chi connectivity index (χ1v) is 9.23. The van der Waals surface area contributed by atoms with Crippen LogP contribution < -0.4 is 0 Å². The van der Waals surface area contributed by atoms with Crippen LogP contribution in [0.5, 0.6) is 0 Å². The summed E-state index contributed by atoms with van der Waals surface area (Å²) in [6.45, 7) is 9.71. The molecule has 23 heavy (non-hydrogen) atoms. The number of nitrogens with zero attached hydrogens (tertiary/aromatic N) is 3. The van der Waals surface area contributed by atoms with Crippen molar-refractivity contribution >= 4 is 17.3 Å². The van der Waals surface area contributed by atoms with E-state index in [9.17, 15) is 4.79 Å². The van der Waals surface area contributed by atoms with Crippen LogP contribution in [-0.2, 0) is 16.8 Å². The average Bonchev–Trinajstić information content (AvgIpc) is 2.77. The van der Waals surface area contributed by atoms with Crippen LogP contribution in [0.2, 0.25) is 0 Å². The quantitative estimate of drug-likeness (QED) is 0.894. The molecule has 0 amide bonds. The molecule has 1 fully saturated rings. The van der Waals surface area contributed by atoms with Gasteiger partial charge in [-0.2, -0.15) is 0 Å². The molecule has 1 N–H and O–H groups in total. The van der Waals surface area contributed by atoms with Crippen LogP contribution in [0.4, 0.5) is 0 Å². The predicted octanol–water partition coefficient (Wildman–Crippen LogP) is 2.81. The fourth-order valence-electron chi connectivity index (χ4n) is 3.03. The molecule has 1 aromatic rings. The molecule has 0 aliphatic carbocycles. The van der Waals surface area contributed by atoms with Crippen molar-refractivity contribution in [1.29, 1.82) is 0 Å². The van der Waals surface area contributed by atoms with E-state index >= 15 is 0 Å². The minimum Gasteiger partial charge on any atom is -0.480 e. The van der Waals surface area contributed by atoms with Gasteiger partial charge in [-0.3, -0.25) is 14.6 Å². The number of likely N-dealkylation sites (N-methyl/N-ethyl adjacent to an activating group) is 1. The summed E-state index contributed by atoms with van der Waals surface area (Å²) in [5.41, 5.74) is 1.28. The highest BCUT2D eigenvalue weighted by Crippen LogP contribution is 2.26. The molecular weight excluding hydrogens is 310 g/mol. The predicted molar refractivity (Wildman–Crippen MR) is 94.0 cm³/mol. The Kier molecular flexibility index (Phi) is 6.17. The van der Waals surface area contributed by atoms with Gasteiger partial charge >= 0.3 is 5.97 Å². The molecule has 2 rings (SSSR count). The van der Waals surface area contributed by atoms with E-state index in [-0.39, 0.29) is 12.0 Å². The van der Waals surface area contributed by atoms with Gasteiger partial charge in [0.05, 0.1) is 17.2 Å². The molecule has 1 aliphatic rings. The molecule has 0 aromatic carbocycles. The zero-order valence-corrected chi connectivity index (χ0v) is 15.5. The largest absolute Gasteiger partial charge is 0.480 e. The third-order valence-corrected chi connectivity index (χ3v) is 5.69. The van der Waals surface area contributed by atoms with Gasteiger partial charge in [-0.25, -0.2) is 4.98 Å². The normalized spacial score (nSPS) is 20.7. The van der Waals surface area contributed by atoms with Crippen LogP contribution in [0.15, 0.2) is 5.38 Å². The van der Waals surface area contributed by atoms with Crippen molar-refractivity contribution in [2.24, 2.45) is 0 Å². The lowest BCUT2D eigenvalue weighted by molar-refractivity contribution is -0.138. The zero-order valence-electron chi connectivity index (χ0n) is 14.7. The van der Waals surface area contributed by atoms with Gasteiger partial charge in [0.15, 0.2) is 0 Å². The van der Waals surface area contributed by atoms with Crippen molar-refractivity contribution in [3.05, 3.63) is 16.1 Å². The molecule has 6 heteroatoms. The molecule has 0 spiro atoms. The van der Waals surface area contributed by atoms with E-state index in [2.05, 4.69) is 31.1 Å². The van der Waals surface area contributed by atoms with Crippen LogP contribution in [0.25, 0.3) is 0 Å². The SMILES string of the molecule is CN(CC(=O)O)C1CCCN(Cc2csc(C(C)(C)C)n2)CC1. The van der Waals surface area contributed by atoms with Crippen molar-refractivity contribution < 1.29 is 9.90 Å². The number of thiazole rings is 1. The fraction of sp³-hybridized carbons (Fsp3) is 0.765. The van der Waals surface area contributed by atoms with E-state index < -0.39 is 5.97 Å². The van der Waals surface area contributed by atoms with Gasteiger partial charge in [0.25, 0.3) is 0 Å². The molecule has 1 aliphatic heterocycles. The minimum atomic E-state index is -0.745. The van der Waals surface area contributed by atoms with Gasteiger partial charge in [0, 0.05) is 29.9 Å². The molecule has 5 nitrogen and oxygen atoms in total. The van der Waals surface area contributed by atoms with E-state index in [0.29, 0.717) is 6.04 Å². The van der Waals surface area contributed by atoms with E-state index in [1.807, 2.05) is 11.9 Å². The fourth-order valence-corrected chi connectivity index (χ4v) is 3.93. The Bertz CT molecular complexity index is 524. The highest BCUT2D eigenvalue weighted by atomic mass is 32.1. The summed E-state index contributed by atoms with van der Waals surface area (Å²) in [5.74, 6) is -0.745. The molecule has 2 heterocycles. The molecule has 1 unspecified atom stereocenters. The Morgan fingerprint density at radius 2 is 2.17 bits per heavy atom. The van der Waals surface area contributed by atoms with Crippen molar-refractivity contribution in [3.8, 4) is 0 Å². The Morgan fingerprint density at radius 1 is 1.43 bits per heavy atom. The number of carboxylic acid groups (broad SMARTS) is 1. The van der Waals surface area contributed by atoms with Crippen molar-refractivity contribution in [2.45, 2.75) is 58.0 Å². The summed E-state index contributed by atoms with van der Waals surface area (Å²) in [6, 6.07) is 0.372. The lowest BCUT2D eigenvalue weighted by Gasteiger charge is -2.25. The highest BCUT2D eigenvalue weighted by Gasteiger charge is 2.23. The Morgan fingerprint density at radius 3 is 2.78 bits per heavy atom. The number of carboxylic acids is 1. The minimum absolute atomic E-state index is 0.117.